The predicted molar refractivity (Wildman–Crippen MR) is 71.5 cm³/mol. The van der Waals surface area contributed by atoms with Gasteiger partial charge in [0.25, 0.3) is 0 Å². The maximum absolute atomic E-state index is 12.0. The van der Waals surface area contributed by atoms with Crippen molar-refractivity contribution in [2.75, 3.05) is 36.9 Å². The summed E-state index contributed by atoms with van der Waals surface area (Å²) < 4.78 is 5.40. The van der Waals surface area contributed by atoms with Gasteiger partial charge in [0.2, 0.25) is 5.91 Å². The Hall–Kier alpha value is -1.75. The van der Waals surface area contributed by atoms with Crippen LogP contribution in [0.2, 0.25) is 0 Å². The van der Waals surface area contributed by atoms with Crippen LogP contribution in [0.1, 0.15) is 6.92 Å². The molecule has 1 heterocycles. The molecule has 0 radical (unpaired) electrons. The van der Waals surface area contributed by atoms with Gasteiger partial charge in [0.15, 0.2) is 0 Å². The molecule has 0 aliphatic carbocycles. The van der Waals surface area contributed by atoms with E-state index < -0.39 is 0 Å². The van der Waals surface area contributed by atoms with Gasteiger partial charge in [-0.05, 0) is 25.1 Å². The molecule has 1 aliphatic rings. The molecule has 1 unspecified atom stereocenters. The molecule has 0 spiro atoms. The molecule has 3 N–H and O–H groups in total. The zero-order valence-electron chi connectivity index (χ0n) is 10.6. The van der Waals surface area contributed by atoms with Crippen LogP contribution in [0.25, 0.3) is 0 Å². The molecule has 1 fully saturated rings. The standard InChI is InChI=1S/C13H19N3O2/c1-2-15-13(17)12-9-18-7-6-16(12)11-5-3-4-10(14)8-11/h3-5,8,12H,2,6-7,9,14H2,1H3,(H,15,17). The van der Waals surface area contributed by atoms with Gasteiger partial charge >= 0.3 is 0 Å². The van der Waals surface area contributed by atoms with Gasteiger partial charge in [0, 0.05) is 24.5 Å². The first-order chi connectivity index (χ1) is 8.72. The van der Waals surface area contributed by atoms with Crippen molar-refractivity contribution in [3.8, 4) is 0 Å². The lowest BCUT2D eigenvalue weighted by atomic mass is 10.1. The average Bonchev–Trinajstić information content (AvgIpc) is 2.39. The van der Waals surface area contributed by atoms with Crippen LogP contribution in [0.3, 0.4) is 0 Å². The van der Waals surface area contributed by atoms with Crippen molar-refractivity contribution < 1.29 is 9.53 Å². The quantitative estimate of drug-likeness (QED) is 0.770. The van der Waals surface area contributed by atoms with Gasteiger partial charge < -0.3 is 20.7 Å². The number of rotatable bonds is 3. The second kappa shape index (κ2) is 5.73. The first kappa shape index (κ1) is 12.7. The molecule has 0 bridgehead atoms. The zero-order valence-corrected chi connectivity index (χ0v) is 10.6. The summed E-state index contributed by atoms with van der Waals surface area (Å²) in [6.45, 7) is 4.28. The lowest BCUT2D eigenvalue weighted by Gasteiger charge is -2.36. The van der Waals surface area contributed by atoms with E-state index in [2.05, 4.69) is 5.32 Å². The highest BCUT2D eigenvalue weighted by Crippen LogP contribution is 2.22. The van der Waals surface area contributed by atoms with E-state index in [-0.39, 0.29) is 11.9 Å². The third-order valence-corrected chi connectivity index (χ3v) is 2.98. The topological polar surface area (TPSA) is 67.6 Å². The number of anilines is 2. The van der Waals surface area contributed by atoms with Crippen molar-refractivity contribution in [3.63, 3.8) is 0 Å². The third-order valence-electron chi connectivity index (χ3n) is 2.98. The Kier molecular flexibility index (Phi) is 4.04. The molecule has 1 aromatic rings. The third kappa shape index (κ3) is 2.73. The molecular formula is C13H19N3O2. The SMILES string of the molecule is CCNC(=O)C1COCCN1c1cccc(N)c1. The molecular weight excluding hydrogens is 230 g/mol. The molecule has 2 rings (SSSR count). The summed E-state index contributed by atoms with van der Waals surface area (Å²) >= 11 is 0. The largest absolute Gasteiger partial charge is 0.399 e. The smallest absolute Gasteiger partial charge is 0.245 e. The van der Waals surface area contributed by atoms with Crippen molar-refractivity contribution in [1.82, 2.24) is 5.32 Å². The van der Waals surface area contributed by atoms with Crippen LogP contribution < -0.4 is 16.0 Å². The summed E-state index contributed by atoms with van der Waals surface area (Å²) in [5, 5.41) is 2.84. The van der Waals surface area contributed by atoms with E-state index in [1.54, 1.807) is 0 Å². The number of nitrogen functional groups attached to an aromatic ring is 1. The fourth-order valence-corrected chi connectivity index (χ4v) is 2.13. The number of likely N-dealkylation sites (N-methyl/N-ethyl adjacent to an activating group) is 1. The Balaban J connectivity index is 2.20. The Morgan fingerprint density at radius 3 is 3.17 bits per heavy atom. The fraction of sp³-hybridized carbons (Fsp3) is 0.462. The van der Waals surface area contributed by atoms with Crippen LogP contribution in [-0.2, 0) is 9.53 Å². The minimum Gasteiger partial charge on any atom is -0.399 e. The molecule has 5 nitrogen and oxygen atoms in total. The molecule has 0 saturated carbocycles. The van der Waals surface area contributed by atoms with Gasteiger partial charge in [-0.1, -0.05) is 6.07 Å². The van der Waals surface area contributed by atoms with Crippen LogP contribution >= 0.6 is 0 Å². The monoisotopic (exact) mass is 249 g/mol. The van der Waals surface area contributed by atoms with Gasteiger partial charge in [0.1, 0.15) is 6.04 Å². The van der Waals surface area contributed by atoms with Gasteiger partial charge in [-0.3, -0.25) is 4.79 Å². The highest BCUT2D eigenvalue weighted by Gasteiger charge is 2.29. The molecule has 5 heteroatoms. The number of hydrogen-bond acceptors (Lipinski definition) is 4. The Morgan fingerprint density at radius 1 is 1.61 bits per heavy atom. The Morgan fingerprint density at radius 2 is 2.44 bits per heavy atom. The maximum atomic E-state index is 12.0. The number of hydrogen-bond donors (Lipinski definition) is 2. The summed E-state index contributed by atoms with van der Waals surface area (Å²) in [4.78, 5) is 14.0. The summed E-state index contributed by atoms with van der Waals surface area (Å²) in [5.41, 5.74) is 7.46. The van der Waals surface area contributed by atoms with E-state index in [0.717, 1.165) is 5.69 Å². The zero-order chi connectivity index (χ0) is 13.0. The van der Waals surface area contributed by atoms with Gasteiger partial charge in [0.05, 0.1) is 13.2 Å². The van der Waals surface area contributed by atoms with E-state index >= 15 is 0 Å². The number of carbonyl (C=O) groups is 1. The Bertz CT molecular complexity index is 422. The molecule has 18 heavy (non-hydrogen) atoms. The van der Waals surface area contributed by atoms with Crippen LogP contribution in [0.15, 0.2) is 24.3 Å². The lowest BCUT2D eigenvalue weighted by Crippen LogP contribution is -2.54. The highest BCUT2D eigenvalue weighted by molar-refractivity contribution is 5.85. The van der Waals surface area contributed by atoms with E-state index in [4.69, 9.17) is 10.5 Å². The molecule has 0 aromatic heterocycles. The number of nitrogens with one attached hydrogen (secondary N) is 1. The van der Waals surface area contributed by atoms with Crippen LogP contribution in [0.4, 0.5) is 11.4 Å². The lowest BCUT2D eigenvalue weighted by molar-refractivity contribution is -0.124. The predicted octanol–water partition coefficient (Wildman–Crippen LogP) is 0.610. The van der Waals surface area contributed by atoms with Crippen molar-refractivity contribution >= 4 is 17.3 Å². The minimum atomic E-state index is -0.277. The first-order valence-corrected chi connectivity index (χ1v) is 6.20. The molecule has 1 atom stereocenters. The summed E-state index contributed by atoms with van der Waals surface area (Å²) in [5.74, 6) is -0.000348. The van der Waals surface area contributed by atoms with E-state index in [9.17, 15) is 4.79 Å². The number of carbonyl (C=O) groups excluding carboxylic acids is 1. The maximum Gasteiger partial charge on any atom is 0.245 e. The average molecular weight is 249 g/mol. The second-order valence-electron chi connectivity index (χ2n) is 4.27. The number of benzene rings is 1. The minimum absolute atomic E-state index is 0.000348. The Labute approximate surface area is 107 Å². The number of morpholine rings is 1. The van der Waals surface area contributed by atoms with E-state index in [1.165, 1.54) is 0 Å². The van der Waals surface area contributed by atoms with E-state index in [0.29, 0.717) is 32.0 Å². The molecule has 1 saturated heterocycles. The molecule has 1 aromatic carbocycles. The summed E-state index contributed by atoms with van der Waals surface area (Å²) in [7, 11) is 0. The number of amides is 1. The van der Waals surface area contributed by atoms with Crippen molar-refractivity contribution in [1.29, 1.82) is 0 Å². The second-order valence-corrected chi connectivity index (χ2v) is 4.27. The van der Waals surface area contributed by atoms with Crippen molar-refractivity contribution in [3.05, 3.63) is 24.3 Å². The number of nitrogens with zero attached hydrogens (tertiary/aromatic N) is 1. The normalized spacial score (nSPS) is 19.6. The highest BCUT2D eigenvalue weighted by atomic mass is 16.5. The van der Waals surface area contributed by atoms with Crippen LogP contribution in [-0.4, -0.2) is 38.3 Å². The molecule has 98 valence electrons. The van der Waals surface area contributed by atoms with Crippen LogP contribution in [0, 0.1) is 0 Å². The molecule has 1 amide bonds. The van der Waals surface area contributed by atoms with Crippen molar-refractivity contribution in [2.24, 2.45) is 0 Å². The van der Waals surface area contributed by atoms with Gasteiger partial charge in [-0.15, -0.1) is 0 Å². The fourth-order valence-electron chi connectivity index (χ4n) is 2.13. The van der Waals surface area contributed by atoms with E-state index in [1.807, 2.05) is 36.1 Å². The summed E-state index contributed by atoms with van der Waals surface area (Å²) in [6, 6.07) is 7.31. The van der Waals surface area contributed by atoms with Gasteiger partial charge in [-0.2, -0.15) is 0 Å². The first-order valence-electron chi connectivity index (χ1n) is 6.20. The number of ether oxygens (including phenoxy) is 1. The molecule has 1 aliphatic heterocycles. The van der Waals surface area contributed by atoms with Crippen LogP contribution in [0.5, 0.6) is 0 Å². The van der Waals surface area contributed by atoms with Gasteiger partial charge in [-0.25, -0.2) is 0 Å². The van der Waals surface area contributed by atoms with Crippen molar-refractivity contribution in [2.45, 2.75) is 13.0 Å². The number of nitrogens with two attached hydrogens (primary N) is 1. The summed E-state index contributed by atoms with van der Waals surface area (Å²) in [6.07, 6.45) is 0.